The third-order valence-corrected chi connectivity index (χ3v) is 7.68. The summed E-state index contributed by atoms with van der Waals surface area (Å²) in [4.78, 5) is 69.3. The maximum Gasteiger partial charge on any atom is 0.331 e. The van der Waals surface area contributed by atoms with E-state index in [-0.39, 0.29) is 485 Å². The molecule has 0 saturated heterocycles. The van der Waals surface area contributed by atoms with Gasteiger partial charge in [-0.25, -0.2) is 9.59 Å². The van der Waals surface area contributed by atoms with E-state index in [9.17, 15) is 28.8 Å². The number of methoxy groups -OCH3 is 3. The fourth-order valence-corrected chi connectivity index (χ4v) is 4.93. The third-order valence-electron chi connectivity index (χ3n) is 7.68. The molecule has 12 nitrogen and oxygen atoms in total. The number of carboxylic acids is 1. The van der Waals surface area contributed by atoms with E-state index in [1.54, 1.807) is 97.1 Å². The molecule has 0 saturated carbocycles. The average Bonchev–Trinajstić information content (AvgIpc) is 3.30. The zero-order chi connectivity index (χ0) is 43.4. The molecule has 0 aliphatic carbocycles. The molecule has 0 fully saturated rings. The van der Waals surface area contributed by atoms with Gasteiger partial charge in [-0.15, -0.1) is 0 Å². The minimum Gasteiger partial charge on any atom is -0.480 e. The fraction of sp³-hybridized carbons (Fsp3) is 0.111. The zero-order valence-electron chi connectivity index (χ0n) is 46.6. The number of carbonyl (C=O) groups is 6. The van der Waals surface area contributed by atoms with Gasteiger partial charge in [-0.05, 0) is 12.1 Å². The quantitative estimate of drug-likeness (QED) is 0.0672. The Morgan fingerprint density at radius 1 is 0.321 bits per heavy atom. The Morgan fingerprint density at radius 2 is 0.500 bits per heavy atom. The van der Waals surface area contributed by atoms with Gasteiger partial charge in [0, 0.05) is 458 Å². The first-order valence-electron chi connectivity index (χ1n) is 17.9. The predicted octanol–water partition coefficient (Wildman–Crippen LogP) is 9.28. The fourth-order valence-electron chi connectivity index (χ4n) is 4.93. The first-order valence-corrected chi connectivity index (χ1v) is 17.9. The second-order valence-electron chi connectivity index (χ2n) is 11.8. The summed E-state index contributed by atoms with van der Waals surface area (Å²) in [5.74, 6) is -1.60. The van der Waals surface area contributed by atoms with Gasteiger partial charge in [0.25, 0.3) is 0 Å². The SMILES string of the molecule is CO.COCC(=O)O.COCC(=O)OC.O.O=C(c1ccccc1)c1cccc(C(=O)c2ccccc2)c1.O=C(c1ccccc1)c1cccc(C(=O)c2ccccc2)c1.[CH3-].[CH3-].[CH3-].[CH3-].[CH3-].[CH3-].[Y].[Y].[Y].[Y].[Y].[Y].[Y].[Y].[Y].[Y].[Y].[Y]. The van der Waals surface area contributed by atoms with Crippen LogP contribution in [-0.2, 0) is 416 Å². The molecule has 396 valence electrons. The number of benzene rings is 6. The molecule has 24 heteroatoms. The summed E-state index contributed by atoms with van der Waals surface area (Å²) >= 11 is 0. The minimum atomic E-state index is -0.933. The maximum absolute atomic E-state index is 12.4. The van der Waals surface area contributed by atoms with Gasteiger partial charge in [-0.3, -0.25) is 19.2 Å². The Labute approximate surface area is 769 Å². The summed E-state index contributed by atoms with van der Waals surface area (Å²) < 4.78 is 12.9. The molecule has 0 atom stereocenters. The number of ketones is 4. The van der Waals surface area contributed by atoms with Gasteiger partial charge in [-0.1, -0.05) is 158 Å². The van der Waals surface area contributed by atoms with Crippen LogP contribution in [0.2, 0.25) is 0 Å². The van der Waals surface area contributed by atoms with Gasteiger partial charge in [0.1, 0.15) is 13.2 Å². The van der Waals surface area contributed by atoms with E-state index in [2.05, 4.69) is 14.2 Å². The van der Waals surface area contributed by atoms with Crippen molar-refractivity contribution in [3.05, 3.63) is 259 Å². The molecule has 12 radical (unpaired) electrons. The third kappa shape index (κ3) is 56.0. The number of aliphatic carboxylic acids is 1. The topological polar surface area (TPSA) is 202 Å². The second-order valence-corrected chi connectivity index (χ2v) is 11.8. The summed E-state index contributed by atoms with van der Waals surface area (Å²) in [6.45, 7) is -0.170. The van der Waals surface area contributed by atoms with E-state index >= 15 is 0 Å². The molecule has 0 aliphatic rings. The summed E-state index contributed by atoms with van der Waals surface area (Å²) in [6, 6.07) is 50.0. The smallest absolute Gasteiger partial charge is 0.331 e. The Balaban J connectivity index is -0.0000000384. The van der Waals surface area contributed by atoms with Crippen LogP contribution in [-0.4, -0.2) is 92.4 Å². The average molecular weight is 1970 g/mol. The van der Waals surface area contributed by atoms with Gasteiger partial charge >= 0.3 is 11.9 Å². The van der Waals surface area contributed by atoms with Gasteiger partial charge in [0.15, 0.2) is 23.1 Å². The van der Waals surface area contributed by atoms with E-state index in [0.717, 1.165) is 7.11 Å². The molecule has 0 aromatic heterocycles. The molecule has 6 aromatic rings. The van der Waals surface area contributed by atoms with Gasteiger partial charge in [0.2, 0.25) is 0 Å². The van der Waals surface area contributed by atoms with Crippen LogP contribution in [0.1, 0.15) is 63.7 Å². The van der Waals surface area contributed by atoms with Crippen molar-refractivity contribution in [2.75, 3.05) is 41.7 Å². The largest absolute Gasteiger partial charge is 0.480 e. The number of rotatable bonds is 12. The predicted molar refractivity (Wildman–Crippen MR) is 266 cm³/mol. The number of hydrogen-bond acceptors (Lipinski definition) is 10. The van der Waals surface area contributed by atoms with Crippen molar-refractivity contribution in [2.24, 2.45) is 0 Å². The summed E-state index contributed by atoms with van der Waals surface area (Å²) in [6.07, 6.45) is 0. The van der Waals surface area contributed by atoms with Gasteiger partial charge in [0.05, 0.1) is 7.11 Å². The van der Waals surface area contributed by atoms with Crippen LogP contribution in [0.3, 0.4) is 0 Å². The van der Waals surface area contributed by atoms with Crippen LogP contribution in [0.15, 0.2) is 170 Å². The first kappa shape index (κ1) is 133. The van der Waals surface area contributed by atoms with Crippen molar-refractivity contribution in [1.82, 2.24) is 0 Å². The minimum absolute atomic E-state index is 0. The zero-order valence-corrected chi connectivity index (χ0v) is 80.6. The van der Waals surface area contributed by atoms with Crippen LogP contribution in [0.4, 0.5) is 0 Å². The van der Waals surface area contributed by atoms with Crippen LogP contribution in [0.5, 0.6) is 0 Å². The number of aliphatic hydroxyl groups excluding tert-OH is 1. The van der Waals surface area contributed by atoms with Gasteiger partial charge < -0.3 is 74.5 Å². The van der Waals surface area contributed by atoms with Crippen molar-refractivity contribution in [2.45, 2.75) is 0 Å². The molecule has 0 aliphatic heterocycles. The summed E-state index contributed by atoms with van der Waals surface area (Å²) in [5, 5.41) is 14.8. The number of aliphatic hydroxyl groups is 1. The van der Waals surface area contributed by atoms with E-state index in [4.69, 9.17) is 10.2 Å². The Morgan fingerprint density at radius 3 is 0.628 bits per heavy atom. The monoisotopic (exact) mass is 1970 g/mol. The number of ether oxygens (including phenoxy) is 3. The number of carboxylic acid groups (broad SMARTS) is 1. The molecule has 0 spiro atoms. The Bertz CT molecular complexity index is 1980. The number of hydrogen-bond donors (Lipinski definition) is 2. The summed E-state index contributed by atoms with van der Waals surface area (Å²) in [5.41, 5.74) is 4.55. The summed E-state index contributed by atoms with van der Waals surface area (Å²) in [7, 11) is 5.10. The number of carbonyl (C=O) groups excluding carboxylic acids is 5. The van der Waals surface area contributed by atoms with Gasteiger partial charge in [-0.2, -0.15) is 0 Å². The maximum atomic E-state index is 12.4. The normalized spacial score (nSPS) is 7.19. The molecule has 0 heterocycles. The molecule has 4 N–H and O–H groups in total. The molecular weight excluding hydrogens is 1910 g/mol. The van der Waals surface area contributed by atoms with E-state index in [1.807, 2.05) is 72.8 Å². The van der Waals surface area contributed by atoms with Crippen LogP contribution in [0.25, 0.3) is 0 Å². The van der Waals surface area contributed by atoms with Crippen LogP contribution in [0, 0.1) is 44.6 Å². The van der Waals surface area contributed by atoms with Crippen molar-refractivity contribution >= 4 is 35.1 Å². The van der Waals surface area contributed by atoms with E-state index in [0.29, 0.717) is 44.5 Å². The molecule has 78 heavy (non-hydrogen) atoms. The molecule has 0 amide bonds. The number of esters is 1. The molecule has 0 bridgehead atoms. The van der Waals surface area contributed by atoms with Crippen molar-refractivity contribution < 1.29 is 451 Å². The molecule has 6 aromatic carbocycles. The Kier molecular flexibility index (Phi) is 145. The molecule has 0 unspecified atom stereocenters. The molecular formula is C54H66O12Y12-6. The van der Waals surface area contributed by atoms with Crippen molar-refractivity contribution in [3.63, 3.8) is 0 Å². The van der Waals surface area contributed by atoms with Crippen LogP contribution >= 0.6 is 0 Å². The van der Waals surface area contributed by atoms with E-state index in [1.165, 1.54) is 21.3 Å². The standard InChI is InChI=1S/2C20H14O2.C4H8O3.C3H6O3.CH4O.6CH3.H2O.12Y/c2*21-19(15-8-3-1-4-9-15)17-12-7-13-18(14-17)20(22)16-10-5-2-6-11-16;1-6-3-4(5)7-2;1-6-2-3(4)5;1-2;;;;;;;;;;;;;;;;;;;/h2*1-14H;3H2,1-2H3;2H2,1H3,(H,4,5);2H,1H3;6*1H3;1H2;;;;;;;;;;;;/q;;;;;6*-1;;;;;;;;;;;;;. The van der Waals surface area contributed by atoms with Crippen molar-refractivity contribution in [3.8, 4) is 0 Å². The molecule has 6 rings (SSSR count). The second kappa shape index (κ2) is 85.1. The van der Waals surface area contributed by atoms with Crippen molar-refractivity contribution in [1.29, 1.82) is 0 Å². The van der Waals surface area contributed by atoms with E-state index < -0.39 is 5.97 Å². The Hall–Kier alpha value is 6.03. The first-order chi connectivity index (χ1) is 28.6. The van der Waals surface area contributed by atoms with Crippen LogP contribution < -0.4 is 0 Å².